The summed E-state index contributed by atoms with van der Waals surface area (Å²) in [7, 11) is 0. The first kappa shape index (κ1) is 14.0. The summed E-state index contributed by atoms with van der Waals surface area (Å²) in [6.07, 6.45) is 0.270. The summed E-state index contributed by atoms with van der Waals surface area (Å²) < 4.78 is 13.9. The van der Waals surface area contributed by atoms with Crippen LogP contribution >= 0.6 is 15.9 Å². The van der Waals surface area contributed by atoms with E-state index in [1.165, 1.54) is 12.1 Å². The average molecular weight is 343 g/mol. The summed E-state index contributed by atoms with van der Waals surface area (Å²) in [6, 6.07) is 17.6. The Bertz CT molecular complexity index is 809. The average Bonchev–Trinajstić information content (AvgIpc) is 2.50. The number of halogens is 2. The third-order valence-electron chi connectivity index (χ3n) is 3.45. The molecule has 0 radical (unpaired) electrons. The molecule has 3 aromatic rings. The van der Waals surface area contributed by atoms with Gasteiger partial charge in [0.05, 0.1) is 0 Å². The molecule has 21 heavy (non-hydrogen) atoms. The van der Waals surface area contributed by atoms with E-state index in [-0.39, 0.29) is 18.0 Å². The van der Waals surface area contributed by atoms with Gasteiger partial charge in [0.25, 0.3) is 0 Å². The Hall–Kier alpha value is -2.00. The zero-order valence-electron chi connectivity index (χ0n) is 11.1. The van der Waals surface area contributed by atoms with Crippen molar-refractivity contribution in [2.24, 2.45) is 0 Å². The zero-order chi connectivity index (χ0) is 14.8. The summed E-state index contributed by atoms with van der Waals surface area (Å²) in [4.78, 5) is 12.5. The molecule has 3 heteroatoms. The minimum absolute atomic E-state index is 0.0327. The number of Topliss-reactive ketones (excluding diaryl/α,β-unsaturated/α-hetero) is 1. The summed E-state index contributed by atoms with van der Waals surface area (Å²) in [5.41, 5.74) is 1.51. The van der Waals surface area contributed by atoms with Gasteiger partial charge in [-0.3, -0.25) is 4.79 Å². The van der Waals surface area contributed by atoms with E-state index < -0.39 is 0 Å². The topological polar surface area (TPSA) is 17.1 Å². The molecule has 0 N–H and O–H groups in total. The van der Waals surface area contributed by atoms with Gasteiger partial charge in [-0.05, 0) is 40.6 Å². The van der Waals surface area contributed by atoms with Crippen LogP contribution in [0.15, 0.2) is 65.1 Å². The minimum Gasteiger partial charge on any atom is -0.294 e. The van der Waals surface area contributed by atoms with Crippen molar-refractivity contribution >= 4 is 32.5 Å². The van der Waals surface area contributed by atoms with Crippen LogP contribution < -0.4 is 0 Å². The Morgan fingerprint density at radius 1 is 0.905 bits per heavy atom. The molecular formula is C18H12BrFO. The van der Waals surface area contributed by atoms with Crippen molar-refractivity contribution in [2.45, 2.75) is 6.42 Å². The number of rotatable bonds is 3. The first-order chi connectivity index (χ1) is 10.1. The predicted octanol–water partition coefficient (Wildman–Crippen LogP) is 5.17. The van der Waals surface area contributed by atoms with Crippen molar-refractivity contribution in [1.29, 1.82) is 0 Å². The van der Waals surface area contributed by atoms with Crippen molar-refractivity contribution in [1.82, 2.24) is 0 Å². The van der Waals surface area contributed by atoms with Crippen LogP contribution in [0.3, 0.4) is 0 Å². The molecule has 1 nitrogen and oxygen atoms in total. The maximum absolute atomic E-state index is 12.9. The molecule has 3 aromatic carbocycles. The van der Waals surface area contributed by atoms with E-state index in [0.717, 1.165) is 20.8 Å². The summed E-state index contributed by atoms with van der Waals surface area (Å²) in [5.74, 6) is -0.259. The van der Waals surface area contributed by atoms with Crippen LogP contribution in [0, 0.1) is 5.82 Å². The molecule has 0 atom stereocenters. The Balaban J connectivity index is 1.98. The number of carbonyl (C=O) groups is 1. The van der Waals surface area contributed by atoms with Crippen LogP contribution in [0.1, 0.15) is 15.9 Å². The number of hydrogen-bond donors (Lipinski definition) is 0. The lowest BCUT2D eigenvalue weighted by Crippen LogP contribution is -2.04. The highest BCUT2D eigenvalue weighted by Crippen LogP contribution is 2.27. The molecule has 0 aliphatic rings. The van der Waals surface area contributed by atoms with Crippen molar-refractivity contribution in [2.75, 3.05) is 0 Å². The quantitative estimate of drug-likeness (QED) is 0.600. The van der Waals surface area contributed by atoms with E-state index in [0.29, 0.717) is 5.56 Å². The Morgan fingerprint density at radius 3 is 2.29 bits per heavy atom. The maximum Gasteiger partial charge on any atom is 0.167 e. The molecule has 0 bridgehead atoms. The number of hydrogen-bond acceptors (Lipinski definition) is 1. The number of benzene rings is 3. The number of fused-ring (bicyclic) bond motifs is 1. The lowest BCUT2D eigenvalue weighted by atomic mass is 9.97. The van der Waals surface area contributed by atoms with Gasteiger partial charge in [-0.2, -0.15) is 0 Å². The van der Waals surface area contributed by atoms with Crippen molar-refractivity contribution in [3.63, 3.8) is 0 Å². The Morgan fingerprint density at radius 2 is 1.57 bits per heavy atom. The molecule has 3 rings (SSSR count). The van der Waals surface area contributed by atoms with Crippen LogP contribution in [0.2, 0.25) is 0 Å². The van der Waals surface area contributed by atoms with E-state index in [9.17, 15) is 9.18 Å². The molecule has 0 fully saturated rings. The number of ketones is 1. The second kappa shape index (κ2) is 5.78. The van der Waals surface area contributed by atoms with Crippen molar-refractivity contribution in [3.05, 3.63) is 82.1 Å². The highest BCUT2D eigenvalue weighted by atomic mass is 79.9. The van der Waals surface area contributed by atoms with Gasteiger partial charge in [0.2, 0.25) is 0 Å². The summed E-state index contributed by atoms with van der Waals surface area (Å²) >= 11 is 3.50. The highest BCUT2D eigenvalue weighted by molar-refractivity contribution is 9.10. The van der Waals surface area contributed by atoms with Crippen LogP contribution in [-0.2, 0) is 6.42 Å². The van der Waals surface area contributed by atoms with Gasteiger partial charge < -0.3 is 0 Å². The van der Waals surface area contributed by atoms with E-state index in [1.807, 2.05) is 36.4 Å². The first-order valence-corrected chi connectivity index (χ1v) is 7.39. The van der Waals surface area contributed by atoms with Crippen molar-refractivity contribution < 1.29 is 9.18 Å². The van der Waals surface area contributed by atoms with E-state index in [2.05, 4.69) is 15.9 Å². The number of carbonyl (C=O) groups excluding carboxylic acids is 1. The van der Waals surface area contributed by atoms with Gasteiger partial charge in [0.1, 0.15) is 5.82 Å². The fourth-order valence-corrected chi connectivity index (χ4v) is 2.87. The molecule has 0 heterocycles. The molecule has 0 spiro atoms. The second-order valence-electron chi connectivity index (χ2n) is 4.87. The maximum atomic E-state index is 12.9. The van der Waals surface area contributed by atoms with E-state index >= 15 is 0 Å². The minimum atomic E-state index is -0.291. The molecule has 0 aromatic heterocycles. The van der Waals surface area contributed by atoms with E-state index in [1.54, 1.807) is 12.1 Å². The Kier molecular flexibility index (Phi) is 3.84. The lowest BCUT2D eigenvalue weighted by Gasteiger charge is -2.07. The third kappa shape index (κ3) is 2.88. The second-order valence-corrected chi connectivity index (χ2v) is 5.72. The fourth-order valence-electron chi connectivity index (χ4n) is 2.39. The van der Waals surface area contributed by atoms with Gasteiger partial charge in [-0.25, -0.2) is 4.39 Å². The standard InChI is InChI=1S/C18H12BrFO/c19-17-10-9-16(14-3-1-2-4-15(14)17)18(21)11-12-5-7-13(20)8-6-12/h1-10H,11H2. The molecular weight excluding hydrogens is 331 g/mol. The van der Waals surface area contributed by atoms with Crippen LogP contribution in [0.5, 0.6) is 0 Å². The molecule has 0 aliphatic carbocycles. The van der Waals surface area contributed by atoms with Gasteiger partial charge >= 0.3 is 0 Å². The molecule has 0 saturated carbocycles. The van der Waals surface area contributed by atoms with Gasteiger partial charge in [0.15, 0.2) is 5.78 Å². The predicted molar refractivity (Wildman–Crippen MR) is 86.1 cm³/mol. The molecule has 0 aliphatic heterocycles. The SMILES string of the molecule is O=C(Cc1ccc(F)cc1)c1ccc(Br)c2ccccc12. The first-order valence-electron chi connectivity index (χ1n) is 6.60. The highest BCUT2D eigenvalue weighted by Gasteiger charge is 2.12. The molecule has 0 saturated heterocycles. The van der Waals surface area contributed by atoms with Gasteiger partial charge in [-0.15, -0.1) is 0 Å². The van der Waals surface area contributed by atoms with E-state index in [4.69, 9.17) is 0 Å². The van der Waals surface area contributed by atoms with Crippen molar-refractivity contribution in [3.8, 4) is 0 Å². The van der Waals surface area contributed by atoms with Crippen LogP contribution in [0.25, 0.3) is 10.8 Å². The monoisotopic (exact) mass is 342 g/mol. The normalized spacial score (nSPS) is 10.8. The van der Waals surface area contributed by atoms with Gasteiger partial charge in [-0.1, -0.05) is 52.3 Å². The zero-order valence-corrected chi connectivity index (χ0v) is 12.7. The largest absolute Gasteiger partial charge is 0.294 e. The summed E-state index contributed by atoms with van der Waals surface area (Å²) in [6.45, 7) is 0. The van der Waals surface area contributed by atoms with Gasteiger partial charge in [0, 0.05) is 16.5 Å². The smallest absolute Gasteiger partial charge is 0.167 e. The summed E-state index contributed by atoms with van der Waals surface area (Å²) in [5, 5.41) is 1.95. The van der Waals surface area contributed by atoms with Crippen LogP contribution in [0.4, 0.5) is 4.39 Å². The Labute approximate surface area is 130 Å². The molecule has 0 amide bonds. The lowest BCUT2D eigenvalue weighted by molar-refractivity contribution is 0.0994. The van der Waals surface area contributed by atoms with Crippen LogP contribution in [-0.4, -0.2) is 5.78 Å². The molecule has 0 unspecified atom stereocenters. The third-order valence-corrected chi connectivity index (χ3v) is 4.14. The fraction of sp³-hybridized carbons (Fsp3) is 0.0556. The molecule has 104 valence electrons.